The minimum Gasteiger partial charge on any atom is -0.383 e. The molecule has 0 unspecified atom stereocenters. The first-order chi connectivity index (χ1) is 7.74. The Kier molecular flexibility index (Phi) is 5.22. The third kappa shape index (κ3) is 4.23. The zero-order valence-electron chi connectivity index (χ0n) is 9.23. The first kappa shape index (κ1) is 12.4. The quantitative estimate of drug-likeness (QED) is 0.564. The summed E-state index contributed by atoms with van der Waals surface area (Å²) in [7, 11) is 1.54. The lowest BCUT2D eigenvalue weighted by Crippen LogP contribution is -2.34. The van der Waals surface area contributed by atoms with E-state index in [-0.39, 0.29) is 6.42 Å². The number of hydrogen-bond acceptors (Lipinski definition) is 3. The minimum atomic E-state index is -0.555. The summed E-state index contributed by atoms with van der Waals surface area (Å²) in [4.78, 5) is 22.8. The number of benzene rings is 1. The molecule has 0 aliphatic heterocycles. The van der Waals surface area contributed by atoms with Crippen LogP contribution in [-0.4, -0.2) is 32.0 Å². The van der Waals surface area contributed by atoms with Gasteiger partial charge in [-0.3, -0.25) is 9.59 Å². The maximum atomic E-state index is 11.5. The number of rotatable bonds is 6. The molecular weight excluding hydrogens is 206 g/mol. The summed E-state index contributed by atoms with van der Waals surface area (Å²) in [6, 6.07) is 9.18. The lowest BCUT2D eigenvalue weighted by molar-refractivity contribution is -0.137. The second-order valence-electron chi connectivity index (χ2n) is 3.33. The van der Waals surface area contributed by atoms with Crippen LogP contribution < -0.4 is 5.32 Å². The summed E-state index contributed by atoms with van der Waals surface area (Å²) in [5.74, 6) is -0.983. The van der Waals surface area contributed by atoms with Gasteiger partial charge in [0.25, 0.3) is 5.91 Å². The summed E-state index contributed by atoms with van der Waals surface area (Å²) >= 11 is 0. The third-order valence-electron chi connectivity index (χ3n) is 2.05. The first-order valence-electron chi connectivity index (χ1n) is 5.08. The molecule has 0 saturated heterocycles. The van der Waals surface area contributed by atoms with E-state index in [0.29, 0.717) is 13.2 Å². The number of ketones is 1. The van der Waals surface area contributed by atoms with Crippen LogP contribution in [0.5, 0.6) is 0 Å². The van der Waals surface area contributed by atoms with Crippen molar-refractivity contribution in [3.05, 3.63) is 35.9 Å². The molecule has 0 aromatic heterocycles. The molecule has 1 N–H and O–H groups in total. The van der Waals surface area contributed by atoms with Gasteiger partial charge in [0.15, 0.2) is 0 Å². The average molecular weight is 221 g/mol. The normalized spacial score (nSPS) is 9.81. The third-order valence-corrected chi connectivity index (χ3v) is 2.05. The van der Waals surface area contributed by atoms with Crippen LogP contribution in [-0.2, 0) is 20.7 Å². The molecule has 0 saturated carbocycles. The van der Waals surface area contributed by atoms with Crippen molar-refractivity contribution < 1.29 is 14.3 Å². The van der Waals surface area contributed by atoms with Crippen LogP contribution in [0.4, 0.5) is 0 Å². The van der Waals surface area contributed by atoms with Gasteiger partial charge < -0.3 is 10.1 Å². The molecule has 4 heteroatoms. The topological polar surface area (TPSA) is 55.4 Å². The van der Waals surface area contributed by atoms with E-state index in [1.165, 1.54) is 7.11 Å². The van der Waals surface area contributed by atoms with Crippen molar-refractivity contribution in [1.29, 1.82) is 0 Å². The van der Waals surface area contributed by atoms with Gasteiger partial charge in [-0.15, -0.1) is 0 Å². The summed E-state index contributed by atoms with van der Waals surface area (Å²) in [5.41, 5.74) is 0.842. The zero-order valence-corrected chi connectivity index (χ0v) is 9.23. The number of Topliss-reactive ketones (excluding diaryl/α,β-unsaturated/α-hetero) is 1. The van der Waals surface area contributed by atoms with Crippen LogP contribution in [0.2, 0.25) is 0 Å². The molecule has 0 heterocycles. The second kappa shape index (κ2) is 6.74. The van der Waals surface area contributed by atoms with E-state index in [4.69, 9.17) is 4.74 Å². The summed E-state index contributed by atoms with van der Waals surface area (Å²) in [6.07, 6.45) is 0.139. The van der Waals surface area contributed by atoms with Crippen molar-refractivity contribution >= 4 is 11.7 Å². The Labute approximate surface area is 94.6 Å². The van der Waals surface area contributed by atoms with Crippen LogP contribution in [0.1, 0.15) is 5.56 Å². The molecule has 0 fully saturated rings. The Morgan fingerprint density at radius 2 is 1.94 bits per heavy atom. The smallest absolute Gasteiger partial charge is 0.287 e. The Hall–Kier alpha value is -1.68. The van der Waals surface area contributed by atoms with Gasteiger partial charge in [0.1, 0.15) is 0 Å². The van der Waals surface area contributed by atoms with Crippen molar-refractivity contribution in [2.45, 2.75) is 6.42 Å². The molecule has 0 spiro atoms. The van der Waals surface area contributed by atoms with E-state index in [2.05, 4.69) is 5.32 Å². The van der Waals surface area contributed by atoms with Crippen LogP contribution in [0.3, 0.4) is 0 Å². The van der Waals surface area contributed by atoms with Crippen LogP contribution in [0, 0.1) is 0 Å². The Bertz CT molecular complexity index is 349. The van der Waals surface area contributed by atoms with Crippen molar-refractivity contribution in [3.63, 3.8) is 0 Å². The minimum absolute atomic E-state index is 0.139. The van der Waals surface area contributed by atoms with Crippen LogP contribution in [0.15, 0.2) is 30.3 Å². The van der Waals surface area contributed by atoms with Gasteiger partial charge >= 0.3 is 0 Å². The monoisotopic (exact) mass is 221 g/mol. The maximum Gasteiger partial charge on any atom is 0.287 e. The van der Waals surface area contributed by atoms with Gasteiger partial charge in [0.2, 0.25) is 5.78 Å². The molecule has 4 nitrogen and oxygen atoms in total. The number of carbonyl (C=O) groups excluding carboxylic acids is 2. The largest absolute Gasteiger partial charge is 0.383 e. The number of amides is 1. The van der Waals surface area contributed by atoms with E-state index in [1.807, 2.05) is 30.3 Å². The molecule has 1 aromatic rings. The number of nitrogens with one attached hydrogen (secondary N) is 1. The zero-order chi connectivity index (χ0) is 11.8. The molecule has 0 radical (unpaired) electrons. The maximum absolute atomic E-state index is 11.5. The number of hydrogen-bond donors (Lipinski definition) is 1. The van der Waals surface area contributed by atoms with E-state index in [9.17, 15) is 9.59 Å². The highest BCUT2D eigenvalue weighted by molar-refractivity contribution is 6.36. The summed E-state index contributed by atoms with van der Waals surface area (Å²) < 4.78 is 4.76. The molecule has 16 heavy (non-hydrogen) atoms. The lowest BCUT2D eigenvalue weighted by Gasteiger charge is -2.03. The van der Waals surface area contributed by atoms with Gasteiger partial charge in [0.05, 0.1) is 6.61 Å². The predicted molar refractivity (Wildman–Crippen MR) is 60.0 cm³/mol. The highest BCUT2D eigenvalue weighted by Crippen LogP contribution is 1.99. The fraction of sp³-hybridized carbons (Fsp3) is 0.333. The van der Waals surface area contributed by atoms with Gasteiger partial charge in [0, 0.05) is 20.1 Å². The van der Waals surface area contributed by atoms with E-state index in [0.717, 1.165) is 5.56 Å². The van der Waals surface area contributed by atoms with Crippen molar-refractivity contribution in [2.75, 3.05) is 20.3 Å². The fourth-order valence-electron chi connectivity index (χ4n) is 1.23. The molecule has 1 rings (SSSR count). The molecule has 0 atom stereocenters. The first-order valence-corrected chi connectivity index (χ1v) is 5.08. The SMILES string of the molecule is COCCNC(=O)C(=O)Cc1ccccc1. The summed E-state index contributed by atoms with van der Waals surface area (Å²) in [6.45, 7) is 0.764. The highest BCUT2D eigenvalue weighted by atomic mass is 16.5. The van der Waals surface area contributed by atoms with Crippen molar-refractivity contribution in [1.82, 2.24) is 5.32 Å². The average Bonchev–Trinajstić information content (AvgIpc) is 2.30. The van der Waals surface area contributed by atoms with E-state index >= 15 is 0 Å². The number of carbonyl (C=O) groups is 2. The Balaban J connectivity index is 2.38. The predicted octanol–water partition coefficient (Wildman–Crippen LogP) is 0.561. The van der Waals surface area contributed by atoms with Crippen LogP contribution in [0.25, 0.3) is 0 Å². The molecule has 1 amide bonds. The lowest BCUT2D eigenvalue weighted by atomic mass is 10.1. The van der Waals surface area contributed by atoms with E-state index < -0.39 is 11.7 Å². The molecule has 86 valence electrons. The summed E-state index contributed by atoms with van der Waals surface area (Å²) in [5, 5.41) is 2.49. The van der Waals surface area contributed by atoms with Gasteiger partial charge in [-0.2, -0.15) is 0 Å². The molecule has 1 aromatic carbocycles. The van der Waals surface area contributed by atoms with E-state index in [1.54, 1.807) is 0 Å². The van der Waals surface area contributed by atoms with Crippen molar-refractivity contribution in [2.24, 2.45) is 0 Å². The Morgan fingerprint density at radius 3 is 2.56 bits per heavy atom. The molecule has 0 aliphatic rings. The highest BCUT2D eigenvalue weighted by Gasteiger charge is 2.12. The molecule has 0 bridgehead atoms. The van der Waals surface area contributed by atoms with Crippen LogP contribution >= 0.6 is 0 Å². The van der Waals surface area contributed by atoms with Gasteiger partial charge in [-0.25, -0.2) is 0 Å². The molecule has 0 aliphatic carbocycles. The van der Waals surface area contributed by atoms with Gasteiger partial charge in [-0.1, -0.05) is 30.3 Å². The standard InChI is InChI=1S/C12H15NO3/c1-16-8-7-13-12(15)11(14)9-10-5-3-2-4-6-10/h2-6H,7-9H2,1H3,(H,13,15). The second-order valence-corrected chi connectivity index (χ2v) is 3.33. The van der Waals surface area contributed by atoms with Crippen molar-refractivity contribution in [3.8, 4) is 0 Å². The van der Waals surface area contributed by atoms with Gasteiger partial charge in [-0.05, 0) is 5.56 Å². The molecular formula is C12H15NO3. The number of methoxy groups -OCH3 is 1. The fourth-order valence-corrected chi connectivity index (χ4v) is 1.23. The number of ether oxygens (including phenoxy) is 1. The Morgan fingerprint density at radius 1 is 1.25 bits per heavy atom.